The number of carbonyl (C=O) groups is 1. The lowest BCUT2D eigenvalue weighted by molar-refractivity contribution is 0.0896. The van der Waals surface area contributed by atoms with Gasteiger partial charge in [-0.1, -0.05) is 19.9 Å². The fraction of sp³-hybridized carbons (Fsp3) is 0.500. The highest BCUT2D eigenvalue weighted by molar-refractivity contribution is 5.99. The average Bonchev–Trinajstić information content (AvgIpc) is 2.42. The van der Waals surface area contributed by atoms with Crippen LogP contribution in [-0.2, 0) is 6.42 Å². The van der Waals surface area contributed by atoms with Crippen LogP contribution in [0.1, 0.15) is 36.2 Å². The molecule has 86 valence electrons. The number of methoxy groups -OCH3 is 1. The number of hydrogen-bond acceptors (Lipinski definition) is 2. The van der Waals surface area contributed by atoms with E-state index in [2.05, 4.69) is 6.92 Å². The maximum atomic E-state index is 12.3. The van der Waals surface area contributed by atoms with Crippen molar-refractivity contribution in [3.8, 4) is 5.75 Å². The van der Waals surface area contributed by atoms with Gasteiger partial charge in [-0.25, -0.2) is 0 Å². The molecule has 16 heavy (non-hydrogen) atoms. The van der Waals surface area contributed by atoms with E-state index in [0.717, 1.165) is 24.2 Å². The minimum atomic E-state index is 0.119. The Balaban J connectivity index is 2.45. The van der Waals surface area contributed by atoms with Gasteiger partial charge in [-0.2, -0.15) is 0 Å². The molecule has 1 aliphatic carbocycles. The van der Waals surface area contributed by atoms with Crippen LogP contribution >= 0.6 is 0 Å². The lowest BCUT2D eigenvalue weighted by atomic mass is 9.89. The molecule has 0 bridgehead atoms. The van der Waals surface area contributed by atoms with Gasteiger partial charge in [0.05, 0.1) is 7.11 Å². The third-order valence-corrected chi connectivity index (χ3v) is 3.72. The van der Waals surface area contributed by atoms with Gasteiger partial charge in [0, 0.05) is 11.5 Å². The zero-order valence-electron chi connectivity index (χ0n) is 10.1. The molecule has 0 amide bonds. The molecule has 1 aromatic rings. The van der Waals surface area contributed by atoms with E-state index in [-0.39, 0.29) is 11.7 Å². The molecule has 1 aromatic carbocycles. The molecular formula is C14H18O2. The number of carbonyl (C=O) groups excluding carboxylic acids is 1. The van der Waals surface area contributed by atoms with Crippen molar-refractivity contribution >= 4 is 5.78 Å². The van der Waals surface area contributed by atoms with E-state index in [1.165, 1.54) is 5.56 Å². The number of hydrogen-bond donors (Lipinski definition) is 0. The molecule has 2 rings (SSSR count). The fourth-order valence-electron chi connectivity index (χ4n) is 2.27. The van der Waals surface area contributed by atoms with Gasteiger partial charge in [0.25, 0.3) is 0 Å². The Hall–Kier alpha value is -1.31. The zero-order chi connectivity index (χ0) is 11.7. The van der Waals surface area contributed by atoms with Crippen molar-refractivity contribution in [1.29, 1.82) is 0 Å². The van der Waals surface area contributed by atoms with Crippen molar-refractivity contribution in [2.45, 2.75) is 26.7 Å². The molecule has 0 radical (unpaired) electrons. The first kappa shape index (κ1) is 11.2. The number of fused-ring (bicyclic) bond motifs is 1. The Bertz CT molecular complexity index is 409. The molecule has 0 N–H and O–H groups in total. The van der Waals surface area contributed by atoms with Crippen LogP contribution in [0.4, 0.5) is 0 Å². The standard InChI is InChI=1S/C14H18O2/c1-9-4-5-11-6-7-12(16-3)8-13(11)14(15)10(9)2/h6-10H,4-5H2,1-3H3. The predicted molar refractivity (Wildman–Crippen MR) is 64.0 cm³/mol. The molecule has 0 aromatic heterocycles. The summed E-state index contributed by atoms with van der Waals surface area (Å²) in [6.07, 6.45) is 2.09. The molecule has 1 aliphatic rings. The molecule has 0 spiro atoms. The Morgan fingerprint density at radius 2 is 2.06 bits per heavy atom. The van der Waals surface area contributed by atoms with Gasteiger partial charge in [0.2, 0.25) is 0 Å². The summed E-state index contributed by atoms with van der Waals surface area (Å²) in [6, 6.07) is 5.84. The van der Waals surface area contributed by atoms with Gasteiger partial charge in [-0.05, 0) is 36.5 Å². The average molecular weight is 218 g/mol. The van der Waals surface area contributed by atoms with Crippen LogP contribution in [0.15, 0.2) is 18.2 Å². The van der Waals surface area contributed by atoms with Crippen molar-refractivity contribution < 1.29 is 9.53 Å². The lowest BCUT2D eigenvalue weighted by Crippen LogP contribution is -2.17. The van der Waals surface area contributed by atoms with E-state index >= 15 is 0 Å². The van der Waals surface area contributed by atoms with E-state index in [1.54, 1.807) is 7.11 Å². The summed E-state index contributed by atoms with van der Waals surface area (Å²) >= 11 is 0. The number of ketones is 1. The molecular weight excluding hydrogens is 200 g/mol. The third kappa shape index (κ3) is 1.84. The van der Waals surface area contributed by atoms with Gasteiger partial charge in [-0.3, -0.25) is 4.79 Å². The van der Waals surface area contributed by atoms with E-state index < -0.39 is 0 Å². The number of Topliss-reactive ketones (excluding diaryl/α,β-unsaturated/α-hetero) is 1. The molecule has 2 nitrogen and oxygen atoms in total. The van der Waals surface area contributed by atoms with E-state index in [0.29, 0.717) is 5.92 Å². The van der Waals surface area contributed by atoms with E-state index in [1.807, 2.05) is 25.1 Å². The first-order valence-electron chi connectivity index (χ1n) is 5.84. The monoisotopic (exact) mass is 218 g/mol. The number of rotatable bonds is 1. The Morgan fingerprint density at radius 1 is 1.31 bits per heavy atom. The van der Waals surface area contributed by atoms with Crippen LogP contribution in [0.2, 0.25) is 0 Å². The summed E-state index contributed by atoms with van der Waals surface area (Å²) in [7, 11) is 1.63. The molecule has 0 aliphatic heterocycles. The smallest absolute Gasteiger partial charge is 0.166 e. The Labute approximate surface area is 96.6 Å². The van der Waals surface area contributed by atoms with Crippen LogP contribution < -0.4 is 4.74 Å². The molecule has 2 heteroatoms. The van der Waals surface area contributed by atoms with Crippen LogP contribution in [0, 0.1) is 11.8 Å². The highest BCUT2D eigenvalue weighted by atomic mass is 16.5. The van der Waals surface area contributed by atoms with Crippen LogP contribution in [0.5, 0.6) is 5.75 Å². The summed E-state index contributed by atoms with van der Waals surface area (Å²) in [5, 5.41) is 0. The van der Waals surface area contributed by atoms with Crippen molar-refractivity contribution in [3.63, 3.8) is 0 Å². The molecule has 2 atom stereocenters. The van der Waals surface area contributed by atoms with Crippen molar-refractivity contribution in [2.24, 2.45) is 11.8 Å². The van der Waals surface area contributed by atoms with Gasteiger partial charge in [0.1, 0.15) is 5.75 Å². The molecule has 0 heterocycles. The largest absolute Gasteiger partial charge is 0.497 e. The van der Waals surface area contributed by atoms with Crippen molar-refractivity contribution in [2.75, 3.05) is 7.11 Å². The topological polar surface area (TPSA) is 26.3 Å². The first-order valence-corrected chi connectivity index (χ1v) is 5.84. The molecule has 2 unspecified atom stereocenters. The predicted octanol–water partition coefficient (Wildman–Crippen LogP) is 3.10. The SMILES string of the molecule is COc1ccc2c(c1)C(=O)C(C)C(C)CC2. The highest BCUT2D eigenvalue weighted by Crippen LogP contribution is 2.30. The second-order valence-electron chi connectivity index (χ2n) is 4.69. The van der Waals surface area contributed by atoms with Crippen LogP contribution in [-0.4, -0.2) is 12.9 Å². The zero-order valence-corrected chi connectivity index (χ0v) is 10.1. The van der Waals surface area contributed by atoms with Crippen molar-refractivity contribution in [1.82, 2.24) is 0 Å². The maximum absolute atomic E-state index is 12.3. The number of aryl methyl sites for hydroxylation is 1. The quantitative estimate of drug-likeness (QED) is 0.677. The number of ether oxygens (including phenoxy) is 1. The summed E-state index contributed by atoms with van der Waals surface area (Å²) in [4.78, 5) is 12.3. The minimum absolute atomic E-state index is 0.119. The maximum Gasteiger partial charge on any atom is 0.166 e. The summed E-state index contributed by atoms with van der Waals surface area (Å²) < 4.78 is 5.18. The van der Waals surface area contributed by atoms with Gasteiger partial charge in [0.15, 0.2) is 5.78 Å². The Kier molecular flexibility index (Phi) is 2.99. The molecule has 0 fully saturated rings. The minimum Gasteiger partial charge on any atom is -0.497 e. The summed E-state index contributed by atoms with van der Waals surface area (Å²) in [5.74, 6) is 1.62. The van der Waals surface area contributed by atoms with Crippen LogP contribution in [0.25, 0.3) is 0 Å². The lowest BCUT2D eigenvalue weighted by Gasteiger charge is -2.14. The van der Waals surface area contributed by atoms with Crippen molar-refractivity contribution in [3.05, 3.63) is 29.3 Å². The van der Waals surface area contributed by atoms with Gasteiger partial charge in [-0.15, -0.1) is 0 Å². The molecule has 0 saturated carbocycles. The number of benzene rings is 1. The van der Waals surface area contributed by atoms with Gasteiger partial charge >= 0.3 is 0 Å². The summed E-state index contributed by atoms with van der Waals surface area (Å²) in [6.45, 7) is 4.19. The van der Waals surface area contributed by atoms with E-state index in [4.69, 9.17) is 4.74 Å². The second kappa shape index (κ2) is 4.28. The molecule has 0 saturated heterocycles. The normalized spacial score (nSPS) is 24.8. The fourth-order valence-corrected chi connectivity index (χ4v) is 2.27. The Morgan fingerprint density at radius 3 is 2.75 bits per heavy atom. The van der Waals surface area contributed by atoms with Crippen LogP contribution in [0.3, 0.4) is 0 Å². The van der Waals surface area contributed by atoms with Gasteiger partial charge < -0.3 is 4.74 Å². The second-order valence-corrected chi connectivity index (χ2v) is 4.69. The summed E-state index contributed by atoms with van der Waals surface area (Å²) in [5.41, 5.74) is 2.03. The highest BCUT2D eigenvalue weighted by Gasteiger charge is 2.27. The third-order valence-electron chi connectivity index (χ3n) is 3.72. The van der Waals surface area contributed by atoms with E-state index in [9.17, 15) is 4.79 Å². The first-order chi connectivity index (χ1) is 7.63.